The van der Waals surface area contributed by atoms with Crippen molar-refractivity contribution in [3.05, 3.63) is 59.5 Å². The molecule has 0 bridgehead atoms. The molecule has 0 aliphatic heterocycles. The Morgan fingerprint density at radius 3 is 2.58 bits per heavy atom. The number of thiazole rings is 1. The van der Waals surface area contributed by atoms with Gasteiger partial charge < -0.3 is 25.7 Å². The van der Waals surface area contributed by atoms with E-state index in [0.717, 1.165) is 50.6 Å². The molecule has 0 spiro atoms. The van der Waals surface area contributed by atoms with Gasteiger partial charge in [0.2, 0.25) is 11.9 Å². The molecule has 3 heterocycles. The van der Waals surface area contributed by atoms with Gasteiger partial charge in [0.25, 0.3) is 0 Å². The summed E-state index contributed by atoms with van der Waals surface area (Å²) in [6.45, 7) is 2.46. The number of pyridine rings is 1. The minimum absolute atomic E-state index is 0.216. The van der Waals surface area contributed by atoms with E-state index in [4.69, 9.17) is 15.0 Å². The van der Waals surface area contributed by atoms with Crippen molar-refractivity contribution < 1.29 is 15.0 Å². The molecule has 11 heteroatoms. The molecule has 2 aliphatic carbocycles. The van der Waals surface area contributed by atoms with Crippen LogP contribution in [0.15, 0.2) is 42.6 Å². The third-order valence-electron chi connectivity index (χ3n) is 7.66. The number of nitrogens with zero attached hydrogens (tertiary/aromatic N) is 5. The third-order valence-corrected chi connectivity index (χ3v) is 8.70. The Balaban J connectivity index is 1.37. The summed E-state index contributed by atoms with van der Waals surface area (Å²) in [5, 5.41) is 29.1. The second-order valence-corrected chi connectivity index (χ2v) is 11.9. The summed E-state index contributed by atoms with van der Waals surface area (Å²) in [5.41, 5.74) is 4.50. The fraction of sp³-hybridized carbons (Fsp3) is 0.414. The molecule has 10 nitrogen and oxygen atoms in total. The lowest BCUT2D eigenvalue weighted by atomic mass is 10.0. The van der Waals surface area contributed by atoms with Crippen molar-refractivity contribution in [3.8, 4) is 10.6 Å². The lowest BCUT2D eigenvalue weighted by molar-refractivity contribution is -0.136. The lowest BCUT2D eigenvalue weighted by Gasteiger charge is -2.21. The maximum absolute atomic E-state index is 12.7. The summed E-state index contributed by atoms with van der Waals surface area (Å²) in [6, 6.07) is 11.4. The number of benzene rings is 1. The van der Waals surface area contributed by atoms with Gasteiger partial charge in [0, 0.05) is 32.8 Å². The zero-order valence-corrected chi connectivity index (χ0v) is 23.5. The molecular formula is C29H33N7O3S. The van der Waals surface area contributed by atoms with E-state index in [1.807, 2.05) is 49.5 Å². The quantitative estimate of drug-likeness (QED) is 0.255. The van der Waals surface area contributed by atoms with Crippen LogP contribution in [-0.4, -0.2) is 73.3 Å². The van der Waals surface area contributed by atoms with Crippen LogP contribution in [0.1, 0.15) is 42.1 Å². The molecule has 6 rings (SSSR count). The molecule has 1 aromatic carbocycles. The van der Waals surface area contributed by atoms with Crippen molar-refractivity contribution in [3.63, 3.8) is 0 Å². The van der Waals surface area contributed by atoms with Gasteiger partial charge >= 0.3 is 0 Å². The molecule has 4 aromatic rings. The Labute approximate surface area is 236 Å². The van der Waals surface area contributed by atoms with E-state index in [0.29, 0.717) is 24.2 Å². The second-order valence-electron chi connectivity index (χ2n) is 10.8. The van der Waals surface area contributed by atoms with Gasteiger partial charge in [-0.2, -0.15) is 4.98 Å². The highest BCUT2D eigenvalue weighted by atomic mass is 32.1. The second kappa shape index (κ2) is 10.7. The van der Waals surface area contributed by atoms with Gasteiger partial charge in [-0.3, -0.25) is 9.78 Å². The van der Waals surface area contributed by atoms with Crippen molar-refractivity contribution >= 4 is 39.2 Å². The van der Waals surface area contributed by atoms with Crippen LogP contribution < -0.4 is 10.6 Å². The molecule has 2 aliphatic rings. The van der Waals surface area contributed by atoms with E-state index in [1.54, 1.807) is 25.4 Å². The van der Waals surface area contributed by atoms with Gasteiger partial charge in [-0.05, 0) is 37.8 Å². The number of nitrogens with one attached hydrogen (secondary N) is 2. The predicted molar refractivity (Wildman–Crippen MR) is 155 cm³/mol. The van der Waals surface area contributed by atoms with Crippen LogP contribution in [0.25, 0.3) is 20.8 Å². The first-order chi connectivity index (χ1) is 19.3. The first-order valence-corrected chi connectivity index (χ1v) is 14.4. The first-order valence-electron chi connectivity index (χ1n) is 13.6. The topological polar surface area (TPSA) is 136 Å². The monoisotopic (exact) mass is 559 g/mol. The number of aliphatic hydroxyl groups is 2. The standard InChI is InChI=1S/C29H33N7O3S/c1-15-21(27-34-23-20(40-27)11-12-30-22(23)17-9-10-17)26(35-29(32-15)31-14-16-7-5-4-6-8-16)33-19-13-18(24(37)25(19)38)28(39)36(2)3/h4-8,11-12,17-19,24-25,37-38H,9-10,13-14H2,1-3H3,(H2,31,32,33,35)/t18-,19+,24+,25-/m0/s1. The van der Waals surface area contributed by atoms with Crippen molar-refractivity contribution in [2.75, 3.05) is 24.7 Å². The van der Waals surface area contributed by atoms with Gasteiger partial charge in [-0.1, -0.05) is 30.3 Å². The summed E-state index contributed by atoms with van der Waals surface area (Å²) < 4.78 is 1.05. The summed E-state index contributed by atoms with van der Waals surface area (Å²) >= 11 is 1.56. The van der Waals surface area contributed by atoms with E-state index in [9.17, 15) is 15.0 Å². The molecule has 208 valence electrons. The number of aliphatic hydroxyl groups excluding tert-OH is 2. The zero-order chi connectivity index (χ0) is 28.0. The Bertz CT molecular complexity index is 1540. The first kappa shape index (κ1) is 26.5. The van der Waals surface area contributed by atoms with Crippen molar-refractivity contribution in [1.29, 1.82) is 0 Å². The molecule has 0 radical (unpaired) electrons. The number of amides is 1. The molecule has 2 saturated carbocycles. The molecule has 2 fully saturated rings. The lowest BCUT2D eigenvalue weighted by Crippen LogP contribution is -2.38. The van der Waals surface area contributed by atoms with E-state index in [-0.39, 0.29) is 12.3 Å². The fourth-order valence-corrected chi connectivity index (χ4v) is 6.42. The Morgan fingerprint density at radius 1 is 1.07 bits per heavy atom. The van der Waals surface area contributed by atoms with Crippen LogP contribution in [0.3, 0.4) is 0 Å². The van der Waals surface area contributed by atoms with Crippen LogP contribution in [0, 0.1) is 12.8 Å². The molecule has 3 aromatic heterocycles. The average Bonchev–Trinajstić information content (AvgIpc) is 3.64. The number of rotatable bonds is 8. The maximum atomic E-state index is 12.7. The zero-order valence-electron chi connectivity index (χ0n) is 22.7. The summed E-state index contributed by atoms with van der Waals surface area (Å²) in [5.74, 6) is 0.463. The summed E-state index contributed by atoms with van der Waals surface area (Å²) in [4.78, 5) is 33.3. The molecular weight excluding hydrogens is 526 g/mol. The Kier molecular flexibility index (Phi) is 7.11. The van der Waals surface area contributed by atoms with Crippen LogP contribution >= 0.6 is 11.3 Å². The largest absolute Gasteiger partial charge is 0.390 e. The Hall–Kier alpha value is -3.67. The van der Waals surface area contributed by atoms with Crippen molar-refractivity contribution in [1.82, 2.24) is 24.8 Å². The molecule has 0 unspecified atom stereocenters. The summed E-state index contributed by atoms with van der Waals surface area (Å²) in [7, 11) is 3.30. The highest BCUT2D eigenvalue weighted by Gasteiger charge is 2.46. The number of carbonyl (C=O) groups excluding carboxylic acids is 1. The predicted octanol–water partition coefficient (Wildman–Crippen LogP) is 3.56. The smallest absolute Gasteiger partial charge is 0.227 e. The van der Waals surface area contributed by atoms with Gasteiger partial charge in [0.1, 0.15) is 22.4 Å². The molecule has 0 saturated heterocycles. The van der Waals surface area contributed by atoms with Crippen LogP contribution in [0.5, 0.6) is 0 Å². The molecule has 4 atom stereocenters. The number of anilines is 2. The van der Waals surface area contributed by atoms with Gasteiger partial charge in [0.15, 0.2) is 0 Å². The van der Waals surface area contributed by atoms with Crippen LogP contribution in [0.2, 0.25) is 0 Å². The minimum atomic E-state index is -1.18. The highest BCUT2D eigenvalue weighted by Crippen LogP contribution is 2.44. The van der Waals surface area contributed by atoms with Crippen molar-refractivity contribution in [2.45, 2.75) is 56.9 Å². The number of hydrogen-bond donors (Lipinski definition) is 4. The fourth-order valence-electron chi connectivity index (χ4n) is 5.35. The van der Waals surface area contributed by atoms with Gasteiger partial charge in [-0.15, -0.1) is 11.3 Å². The van der Waals surface area contributed by atoms with Gasteiger partial charge in [0.05, 0.1) is 39.7 Å². The molecule has 1 amide bonds. The SMILES string of the molecule is Cc1nc(NCc2ccccc2)nc(N[C@@H]2C[C@H](C(=O)N(C)C)[C@@H](O)[C@H]2O)c1-c1nc2c(C3CC3)nccc2s1. The Morgan fingerprint density at radius 2 is 1.85 bits per heavy atom. The van der Waals surface area contributed by atoms with Crippen LogP contribution in [0.4, 0.5) is 11.8 Å². The highest BCUT2D eigenvalue weighted by molar-refractivity contribution is 7.21. The number of aryl methyl sites for hydroxylation is 1. The number of hydrogen-bond acceptors (Lipinski definition) is 10. The molecule has 4 N–H and O–H groups in total. The van der Waals surface area contributed by atoms with Crippen molar-refractivity contribution in [2.24, 2.45) is 5.92 Å². The molecule has 40 heavy (non-hydrogen) atoms. The van der Waals surface area contributed by atoms with E-state index >= 15 is 0 Å². The number of fused-ring (bicyclic) bond motifs is 1. The third kappa shape index (κ3) is 5.12. The summed E-state index contributed by atoms with van der Waals surface area (Å²) in [6.07, 6.45) is 2.05. The van der Waals surface area contributed by atoms with Gasteiger partial charge in [-0.25, -0.2) is 9.97 Å². The average molecular weight is 560 g/mol. The van der Waals surface area contributed by atoms with E-state index in [1.165, 1.54) is 4.90 Å². The van der Waals surface area contributed by atoms with E-state index in [2.05, 4.69) is 15.6 Å². The van der Waals surface area contributed by atoms with Crippen LogP contribution in [-0.2, 0) is 11.3 Å². The number of carbonyl (C=O) groups is 1. The maximum Gasteiger partial charge on any atom is 0.227 e. The van der Waals surface area contributed by atoms with E-state index < -0.39 is 24.2 Å². The minimum Gasteiger partial charge on any atom is -0.390 e. The number of aromatic nitrogens is 4. The normalized spacial score (nSPS) is 22.4.